The van der Waals surface area contributed by atoms with Crippen molar-refractivity contribution in [3.05, 3.63) is 71.8 Å². The summed E-state index contributed by atoms with van der Waals surface area (Å²) in [5.74, 6) is 0.510. The molecule has 3 rings (SSSR count). The first kappa shape index (κ1) is 17.6. The summed E-state index contributed by atoms with van der Waals surface area (Å²) < 4.78 is 10.4. The lowest BCUT2D eigenvalue weighted by molar-refractivity contribution is 0.398. The van der Waals surface area contributed by atoms with E-state index in [2.05, 4.69) is 24.3 Å². The van der Waals surface area contributed by atoms with Gasteiger partial charge < -0.3 is 9.47 Å². The van der Waals surface area contributed by atoms with Crippen molar-refractivity contribution < 1.29 is 9.47 Å². The van der Waals surface area contributed by atoms with E-state index in [0.717, 1.165) is 22.6 Å². The second-order valence-corrected chi connectivity index (χ2v) is 6.29. The molecule has 0 radical (unpaired) electrons. The number of nitriles is 2. The summed E-state index contributed by atoms with van der Waals surface area (Å²) in [6, 6.07) is 20.1. The molecule has 2 aromatic carbocycles. The maximum Gasteiger partial charge on any atom is 0.118 e. The summed E-state index contributed by atoms with van der Waals surface area (Å²) in [7, 11) is 3.25. The lowest BCUT2D eigenvalue weighted by Gasteiger charge is -2.32. The molecule has 1 aliphatic carbocycles. The number of hydrogen-bond acceptors (Lipinski definition) is 4. The molecule has 0 N–H and O–H groups in total. The molecular formula is C22H20N2O2. The van der Waals surface area contributed by atoms with E-state index in [1.165, 1.54) is 0 Å². The molecule has 0 saturated heterocycles. The van der Waals surface area contributed by atoms with Crippen molar-refractivity contribution in [3.8, 4) is 23.6 Å². The van der Waals surface area contributed by atoms with Crippen molar-refractivity contribution in [3.63, 3.8) is 0 Å². The average molecular weight is 344 g/mol. The van der Waals surface area contributed by atoms with Gasteiger partial charge in [-0.3, -0.25) is 0 Å². The van der Waals surface area contributed by atoms with Gasteiger partial charge in [0.15, 0.2) is 0 Å². The summed E-state index contributed by atoms with van der Waals surface area (Å²) >= 11 is 0. The second-order valence-electron chi connectivity index (χ2n) is 6.29. The predicted molar refractivity (Wildman–Crippen MR) is 98.8 cm³/mol. The van der Waals surface area contributed by atoms with E-state index in [-0.39, 0.29) is 11.8 Å². The maximum absolute atomic E-state index is 9.79. The van der Waals surface area contributed by atoms with Crippen LogP contribution in [0.15, 0.2) is 60.7 Å². The minimum atomic E-state index is -0.412. The monoisotopic (exact) mass is 344 g/mol. The lowest BCUT2D eigenvalue weighted by Crippen LogP contribution is -2.27. The highest BCUT2D eigenvalue weighted by Crippen LogP contribution is 2.44. The number of methoxy groups -OCH3 is 2. The van der Waals surface area contributed by atoms with Crippen LogP contribution in [0.3, 0.4) is 0 Å². The van der Waals surface area contributed by atoms with Crippen molar-refractivity contribution in [1.29, 1.82) is 10.5 Å². The van der Waals surface area contributed by atoms with Gasteiger partial charge in [-0.25, -0.2) is 0 Å². The smallest absolute Gasteiger partial charge is 0.118 e. The fourth-order valence-electron chi connectivity index (χ4n) is 3.54. The van der Waals surface area contributed by atoms with Crippen molar-refractivity contribution >= 4 is 0 Å². The normalized spacial score (nSPS) is 24.3. The summed E-state index contributed by atoms with van der Waals surface area (Å²) in [6.07, 6.45) is 4.11. The van der Waals surface area contributed by atoms with E-state index in [9.17, 15) is 10.5 Å². The largest absolute Gasteiger partial charge is 0.497 e. The van der Waals surface area contributed by atoms with Gasteiger partial charge in [-0.1, -0.05) is 36.4 Å². The summed E-state index contributed by atoms with van der Waals surface area (Å²) in [6.45, 7) is 0. The molecular weight excluding hydrogens is 324 g/mol. The van der Waals surface area contributed by atoms with Crippen LogP contribution in [0.1, 0.15) is 23.0 Å². The third kappa shape index (κ3) is 3.27. The molecule has 1 aliphatic rings. The molecule has 4 atom stereocenters. The molecule has 0 amide bonds. The number of ether oxygens (including phenoxy) is 2. The van der Waals surface area contributed by atoms with Crippen LogP contribution >= 0.6 is 0 Å². The Balaban J connectivity index is 1.95. The van der Waals surface area contributed by atoms with E-state index >= 15 is 0 Å². The number of hydrogen-bond donors (Lipinski definition) is 0. The van der Waals surface area contributed by atoms with E-state index in [4.69, 9.17) is 9.47 Å². The Labute approximate surface area is 153 Å². The van der Waals surface area contributed by atoms with Crippen LogP contribution in [0.4, 0.5) is 0 Å². The van der Waals surface area contributed by atoms with E-state index < -0.39 is 11.8 Å². The van der Waals surface area contributed by atoms with Crippen molar-refractivity contribution in [2.75, 3.05) is 14.2 Å². The second kappa shape index (κ2) is 7.76. The Kier molecular flexibility index (Phi) is 5.25. The van der Waals surface area contributed by atoms with Gasteiger partial charge in [0.1, 0.15) is 11.5 Å². The van der Waals surface area contributed by atoms with Crippen molar-refractivity contribution in [2.24, 2.45) is 11.8 Å². The van der Waals surface area contributed by atoms with Gasteiger partial charge in [0, 0.05) is 11.8 Å². The predicted octanol–water partition coefficient (Wildman–Crippen LogP) is 4.42. The first-order valence-corrected chi connectivity index (χ1v) is 8.47. The minimum Gasteiger partial charge on any atom is -0.497 e. The van der Waals surface area contributed by atoms with E-state index in [1.807, 2.05) is 48.5 Å². The molecule has 26 heavy (non-hydrogen) atoms. The van der Waals surface area contributed by atoms with E-state index in [0.29, 0.717) is 0 Å². The zero-order valence-corrected chi connectivity index (χ0v) is 14.8. The van der Waals surface area contributed by atoms with Crippen LogP contribution in [0, 0.1) is 34.5 Å². The molecule has 2 aromatic rings. The lowest BCUT2D eigenvalue weighted by atomic mass is 9.68. The van der Waals surface area contributed by atoms with Gasteiger partial charge in [0.2, 0.25) is 0 Å². The number of rotatable bonds is 4. The van der Waals surface area contributed by atoms with Gasteiger partial charge in [-0.05, 0) is 35.4 Å². The van der Waals surface area contributed by atoms with Gasteiger partial charge in [-0.2, -0.15) is 10.5 Å². The van der Waals surface area contributed by atoms with Crippen molar-refractivity contribution in [1.82, 2.24) is 0 Å². The van der Waals surface area contributed by atoms with Crippen LogP contribution in [0.25, 0.3) is 0 Å². The SMILES string of the molecule is COc1ccc(C2C=CC(c3ccc(OC)cc3)C(C#N)C2C#N)cc1. The van der Waals surface area contributed by atoms with Crippen LogP contribution in [0.2, 0.25) is 0 Å². The Morgan fingerprint density at radius 1 is 0.654 bits per heavy atom. The first-order valence-electron chi connectivity index (χ1n) is 8.47. The molecule has 0 saturated carbocycles. The maximum atomic E-state index is 9.79. The summed E-state index contributed by atoms with van der Waals surface area (Å²) in [5.41, 5.74) is 2.03. The Bertz CT molecular complexity index is 784. The molecule has 0 bridgehead atoms. The molecule has 130 valence electrons. The quantitative estimate of drug-likeness (QED) is 0.770. The third-order valence-corrected chi connectivity index (χ3v) is 4.99. The fraction of sp³-hybridized carbons (Fsp3) is 0.273. The highest BCUT2D eigenvalue weighted by Gasteiger charge is 2.38. The van der Waals surface area contributed by atoms with Gasteiger partial charge >= 0.3 is 0 Å². The summed E-state index contributed by atoms with van der Waals surface area (Å²) in [4.78, 5) is 0. The number of allylic oxidation sites excluding steroid dienone is 2. The van der Waals surface area contributed by atoms with Crippen LogP contribution < -0.4 is 9.47 Å². The number of benzene rings is 2. The molecule has 4 heteroatoms. The standard InChI is InChI=1S/C22H20N2O2/c1-25-17-7-3-15(4-8-17)19-11-12-20(22(14-24)21(19)13-23)16-5-9-18(26-2)10-6-16/h3-12,19-22H,1-2H3. The highest BCUT2D eigenvalue weighted by atomic mass is 16.5. The van der Waals surface area contributed by atoms with Crippen molar-refractivity contribution in [2.45, 2.75) is 11.8 Å². The molecule has 0 fully saturated rings. The first-order chi connectivity index (χ1) is 12.7. The van der Waals surface area contributed by atoms with Gasteiger partial charge in [0.25, 0.3) is 0 Å². The highest BCUT2D eigenvalue weighted by molar-refractivity contribution is 5.40. The average Bonchev–Trinajstić information content (AvgIpc) is 2.72. The zero-order valence-electron chi connectivity index (χ0n) is 14.8. The minimum absolute atomic E-state index is 0.106. The van der Waals surface area contributed by atoms with Crippen LogP contribution in [0.5, 0.6) is 11.5 Å². The zero-order chi connectivity index (χ0) is 18.5. The van der Waals surface area contributed by atoms with Crippen LogP contribution in [-0.4, -0.2) is 14.2 Å². The Morgan fingerprint density at radius 2 is 1.00 bits per heavy atom. The number of nitrogens with zero attached hydrogens (tertiary/aromatic N) is 2. The van der Waals surface area contributed by atoms with Gasteiger partial charge in [0.05, 0.1) is 38.2 Å². The van der Waals surface area contributed by atoms with E-state index in [1.54, 1.807) is 14.2 Å². The van der Waals surface area contributed by atoms with Crippen LogP contribution in [-0.2, 0) is 0 Å². The molecule has 4 nitrogen and oxygen atoms in total. The Hall–Kier alpha value is -3.24. The fourth-order valence-corrected chi connectivity index (χ4v) is 3.54. The molecule has 0 aromatic heterocycles. The summed E-state index contributed by atoms with van der Waals surface area (Å²) in [5, 5.41) is 19.6. The Morgan fingerprint density at radius 3 is 1.27 bits per heavy atom. The van der Waals surface area contributed by atoms with Gasteiger partial charge in [-0.15, -0.1) is 0 Å². The molecule has 4 unspecified atom stereocenters. The molecule has 0 spiro atoms. The molecule has 0 heterocycles. The third-order valence-electron chi connectivity index (χ3n) is 4.99. The molecule has 0 aliphatic heterocycles. The topological polar surface area (TPSA) is 66.0 Å².